The summed E-state index contributed by atoms with van der Waals surface area (Å²) in [6.07, 6.45) is 2.98. The normalized spacial score (nSPS) is 17.2. The molecule has 4 heterocycles. The largest absolute Gasteiger partial charge is 0.504 e. The first-order valence-corrected chi connectivity index (χ1v) is 17.1. The van der Waals surface area contributed by atoms with Gasteiger partial charge >= 0.3 is 11.9 Å². The Bertz CT molecular complexity index is 2020. The average molecular weight is 758 g/mol. The number of phenolic OH excluding ortho intramolecular Hbond substituents is 2. The molecular formula is C30H33N10O10S2+. The molecule has 3 amide bonds. The number of carboxylic acids is 2. The fourth-order valence-corrected chi connectivity index (χ4v) is 6.75. The van der Waals surface area contributed by atoms with Crippen LogP contribution in [0.25, 0.3) is 0 Å². The highest BCUT2D eigenvalue weighted by Crippen LogP contribution is 2.40. The second kappa shape index (κ2) is 15.0. The molecule has 0 unspecified atom stereocenters. The molecule has 52 heavy (non-hydrogen) atoms. The zero-order valence-corrected chi connectivity index (χ0v) is 29.0. The highest BCUT2D eigenvalue weighted by molar-refractivity contribution is 8.00. The van der Waals surface area contributed by atoms with E-state index in [1.54, 1.807) is 10.8 Å². The molecule has 22 heteroatoms. The molecule has 0 saturated carbocycles. The number of aliphatic carboxylic acids is 2. The van der Waals surface area contributed by atoms with Crippen LogP contribution in [0.5, 0.6) is 11.5 Å². The van der Waals surface area contributed by atoms with Crippen LogP contribution in [0, 0.1) is 0 Å². The maximum atomic E-state index is 13.3. The van der Waals surface area contributed by atoms with Gasteiger partial charge in [-0.2, -0.15) is 0 Å². The van der Waals surface area contributed by atoms with Crippen LogP contribution < -0.4 is 32.0 Å². The number of aromatic nitrogens is 3. The molecule has 274 valence electrons. The Morgan fingerprint density at radius 3 is 2.56 bits per heavy atom. The minimum atomic E-state index is -1.80. The van der Waals surface area contributed by atoms with E-state index in [-0.39, 0.29) is 59.0 Å². The van der Waals surface area contributed by atoms with E-state index in [0.717, 1.165) is 22.3 Å². The van der Waals surface area contributed by atoms with Gasteiger partial charge in [-0.25, -0.2) is 19.1 Å². The molecule has 3 aromatic rings. The fraction of sp³-hybridized carbons (Fsp3) is 0.300. The Morgan fingerprint density at radius 2 is 1.90 bits per heavy atom. The molecule has 11 N–H and O–H groups in total. The number of nitrogens with one attached hydrogen (secondary N) is 3. The molecule has 20 nitrogen and oxygen atoms in total. The van der Waals surface area contributed by atoms with Gasteiger partial charge < -0.3 is 52.7 Å². The standard InChI is InChI=1S/C30H32N10O10S2/c1-30(2,28(48)49)50-38-19(16-11-52-29(32)36-16)24(44)37-20-25(45)40-21(27(46)47)14(10-51-26(20)40)8-39-9-15(22(31)35-12-39)33-5-6-34-23(43)13-3-4-17(41)18(42)7-13/h3-4,7,9,11-12,20,26,31,33H,5-6,8,10H2,1-2H3,(H8,32,34,36,37,38,41,42,43,44,46,47,48,49)/p+1/t20-,26-/m1/s1. The van der Waals surface area contributed by atoms with Gasteiger partial charge in [0, 0.05) is 35.4 Å². The lowest BCUT2D eigenvalue weighted by molar-refractivity contribution is -0.691. The van der Waals surface area contributed by atoms with E-state index >= 15 is 0 Å². The van der Waals surface area contributed by atoms with Crippen molar-refractivity contribution in [1.29, 1.82) is 0 Å². The number of amides is 3. The van der Waals surface area contributed by atoms with Crippen LogP contribution in [0.1, 0.15) is 29.9 Å². The van der Waals surface area contributed by atoms with Gasteiger partial charge in [-0.05, 0) is 37.0 Å². The molecule has 2 aliphatic heterocycles. The molecule has 2 aromatic heterocycles. The minimum absolute atomic E-state index is 0.0162. The number of carbonyl (C=O) groups excluding carboxylic acids is 3. The molecule has 2 atom stereocenters. The Balaban J connectivity index is 1.25. The number of nitrogens with zero attached hydrogens (tertiary/aromatic N) is 5. The van der Waals surface area contributed by atoms with Crippen molar-refractivity contribution in [3.63, 3.8) is 0 Å². The van der Waals surface area contributed by atoms with Crippen molar-refractivity contribution < 1.29 is 53.8 Å². The summed E-state index contributed by atoms with van der Waals surface area (Å²) >= 11 is 2.21. The maximum absolute atomic E-state index is 13.3. The average Bonchev–Trinajstić information content (AvgIpc) is 3.52. The molecule has 0 bridgehead atoms. The summed E-state index contributed by atoms with van der Waals surface area (Å²) in [6, 6.07) is 2.53. The number of anilines is 3. The van der Waals surface area contributed by atoms with E-state index < -0.39 is 58.1 Å². The van der Waals surface area contributed by atoms with Crippen LogP contribution in [0.15, 0.2) is 52.5 Å². The Hall–Kier alpha value is -6.16. The molecular weight excluding hydrogens is 725 g/mol. The quantitative estimate of drug-likeness (QED) is 0.0244. The van der Waals surface area contributed by atoms with Crippen LogP contribution in [-0.2, 0) is 30.6 Å². The molecule has 1 fully saturated rings. The topological polar surface area (TPSA) is 309 Å². The fourth-order valence-electron chi connectivity index (χ4n) is 4.87. The van der Waals surface area contributed by atoms with E-state index in [2.05, 4.69) is 31.1 Å². The number of phenols is 2. The monoisotopic (exact) mass is 757 g/mol. The third-order valence-corrected chi connectivity index (χ3v) is 9.66. The summed E-state index contributed by atoms with van der Waals surface area (Å²) in [5.74, 6) is -5.29. The van der Waals surface area contributed by atoms with E-state index in [9.17, 15) is 44.4 Å². The van der Waals surface area contributed by atoms with Gasteiger partial charge in [0.2, 0.25) is 5.60 Å². The van der Waals surface area contributed by atoms with Crippen molar-refractivity contribution in [2.75, 3.05) is 35.6 Å². The van der Waals surface area contributed by atoms with Crippen LogP contribution in [0.3, 0.4) is 0 Å². The highest BCUT2D eigenvalue weighted by Gasteiger charge is 2.54. The number of carboxylic acid groups (broad SMARTS) is 2. The number of rotatable bonds is 14. The first-order valence-electron chi connectivity index (χ1n) is 15.2. The molecule has 1 aromatic carbocycles. The van der Waals surface area contributed by atoms with Crippen LogP contribution in [0.4, 0.5) is 16.6 Å². The second-order valence-electron chi connectivity index (χ2n) is 11.8. The summed E-state index contributed by atoms with van der Waals surface area (Å²) in [4.78, 5) is 77.4. The number of thiazole rings is 1. The van der Waals surface area contributed by atoms with E-state index in [1.807, 2.05) is 0 Å². The number of hydrogen-bond acceptors (Lipinski definition) is 16. The first kappa shape index (κ1) is 37.1. The molecule has 2 aliphatic rings. The van der Waals surface area contributed by atoms with Gasteiger partial charge in [0.05, 0.1) is 0 Å². The smallest absolute Gasteiger partial charge is 0.352 e. The second-order valence-corrected chi connectivity index (χ2v) is 13.8. The highest BCUT2D eigenvalue weighted by atomic mass is 32.2. The Labute approximate surface area is 302 Å². The van der Waals surface area contributed by atoms with Gasteiger partial charge in [-0.3, -0.25) is 19.3 Å². The molecule has 0 spiro atoms. The van der Waals surface area contributed by atoms with E-state index in [4.69, 9.17) is 16.3 Å². The third kappa shape index (κ3) is 7.91. The van der Waals surface area contributed by atoms with Crippen molar-refractivity contribution in [2.45, 2.75) is 37.4 Å². The summed E-state index contributed by atoms with van der Waals surface area (Å²) < 4.78 is 1.57. The van der Waals surface area contributed by atoms with E-state index in [0.29, 0.717) is 11.3 Å². The molecule has 5 rings (SSSR count). The van der Waals surface area contributed by atoms with Crippen molar-refractivity contribution >= 4 is 75.1 Å². The number of oxime groups is 1. The van der Waals surface area contributed by atoms with Crippen molar-refractivity contribution in [1.82, 2.24) is 25.5 Å². The zero-order valence-electron chi connectivity index (χ0n) is 27.4. The summed E-state index contributed by atoms with van der Waals surface area (Å²) in [6.45, 7) is 2.83. The number of thioether (sulfide) groups is 1. The Morgan fingerprint density at radius 1 is 1.15 bits per heavy atom. The first-order chi connectivity index (χ1) is 24.6. The maximum Gasteiger partial charge on any atom is 0.352 e. The lowest BCUT2D eigenvalue weighted by atomic mass is 10.0. The van der Waals surface area contributed by atoms with Gasteiger partial charge in [0.15, 0.2) is 22.3 Å². The third-order valence-electron chi connectivity index (χ3n) is 7.65. The summed E-state index contributed by atoms with van der Waals surface area (Å²) in [7, 11) is 0. The molecule has 1 saturated heterocycles. The predicted molar refractivity (Wildman–Crippen MR) is 185 cm³/mol. The summed E-state index contributed by atoms with van der Waals surface area (Å²) in [5.41, 5.74) is 10.1. The van der Waals surface area contributed by atoms with Crippen LogP contribution in [0.2, 0.25) is 0 Å². The van der Waals surface area contributed by atoms with E-state index in [1.165, 1.54) is 49.4 Å². The van der Waals surface area contributed by atoms with Gasteiger partial charge in [-0.1, -0.05) is 5.16 Å². The number of benzene rings is 1. The number of aromatic hydroxyl groups is 2. The van der Waals surface area contributed by atoms with Gasteiger partial charge in [0.1, 0.15) is 41.2 Å². The number of nitrogen functional groups attached to an aromatic ring is 2. The van der Waals surface area contributed by atoms with Gasteiger partial charge in [0.25, 0.3) is 29.9 Å². The predicted octanol–water partition coefficient (Wildman–Crippen LogP) is -0.734. The molecule has 0 radical (unpaired) electrons. The number of nitrogens with two attached hydrogens (primary N) is 2. The Kier molecular flexibility index (Phi) is 10.7. The minimum Gasteiger partial charge on any atom is -0.504 e. The van der Waals surface area contributed by atoms with Crippen LogP contribution in [-0.4, -0.2) is 107 Å². The van der Waals surface area contributed by atoms with Crippen molar-refractivity contribution in [3.05, 3.63) is 58.6 Å². The van der Waals surface area contributed by atoms with Crippen molar-refractivity contribution in [2.24, 2.45) is 5.16 Å². The molecule has 0 aliphatic carbocycles. The van der Waals surface area contributed by atoms with Crippen LogP contribution >= 0.6 is 23.1 Å². The zero-order chi connectivity index (χ0) is 37.9. The SMILES string of the molecule is CC(C)(O/N=C(\C(=O)N[C@@H]1C(=O)N2C(C(=O)O)=C(C[n+]3cnc(N)c(NCCNC(=O)c4ccc(O)c(O)c4)c3)CS[C@H]12)c1csc(N)n1)C(=O)O. The lowest BCUT2D eigenvalue weighted by Crippen LogP contribution is -2.71. The number of β-lactam (4-membered cyclic amide) rings is 1. The van der Waals surface area contributed by atoms with Crippen molar-refractivity contribution in [3.8, 4) is 11.5 Å². The van der Waals surface area contributed by atoms with Gasteiger partial charge in [-0.15, -0.1) is 23.1 Å². The summed E-state index contributed by atoms with van der Waals surface area (Å²) in [5, 5.41) is 51.3. The lowest BCUT2D eigenvalue weighted by Gasteiger charge is -2.49. The number of hydrogen-bond donors (Lipinski definition) is 9. The number of fused-ring (bicyclic) bond motifs is 1. The number of carbonyl (C=O) groups is 5.